The lowest BCUT2D eigenvalue weighted by molar-refractivity contribution is -0.138. The molecule has 3 rings (SSSR count). The van der Waals surface area contributed by atoms with E-state index in [0.717, 1.165) is 29.1 Å². The van der Waals surface area contributed by atoms with Crippen molar-refractivity contribution < 1.29 is 32.6 Å². The number of carbonyl (C=O) groups is 2. The van der Waals surface area contributed by atoms with Crippen molar-refractivity contribution >= 4 is 11.9 Å². The number of carbonyl (C=O) groups excluding carboxylic acids is 1. The highest BCUT2D eigenvalue weighted by atomic mass is 19.4. The van der Waals surface area contributed by atoms with Crippen LogP contribution in [0, 0.1) is 0 Å². The number of benzene rings is 1. The average molecular weight is 476 g/mol. The highest BCUT2D eigenvalue weighted by molar-refractivity contribution is 5.94. The minimum atomic E-state index is -4.48. The number of amides is 1. The van der Waals surface area contributed by atoms with Crippen LogP contribution in [0.5, 0.6) is 5.88 Å². The molecule has 0 saturated heterocycles. The number of aromatic nitrogens is 3. The van der Waals surface area contributed by atoms with E-state index in [0.29, 0.717) is 23.6 Å². The molecule has 0 fully saturated rings. The Morgan fingerprint density at radius 3 is 2.44 bits per heavy atom. The van der Waals surface area contributed by atoms with Gasteiger partial charge in [0.05, 0.1) is 30.1 Å². The lowest BCUT2D eigenvalue weighted by atomic mass is 10.0. The van der Waals surface area contributed by atoms with E-state index in [1.807, 2.05) is 6.92 Å². The molecule has 1 atom stereocenters. The van der Waals surface area contributed by atoms with Crippen molar-refractivity contribution in [3.8, 4) is 11.6 Å². The summed E-state index contributed by atoms with van der Waals surface area (Å²) in [5, 5.41) is 14.9. The molecule has 0 aliphatic heterocycles. The lowest BCUT2D eigenvalue weighted by Crippen LogP contribution is -2.26. The average Bonchev–Trinajstić information content (AvgIpc) is 3.30. The molecule has 2 aromatic heterocycles. The Labute approximate surface area is 193 Å². The Bertz CT molecular complexity index is 1110. The van der Waals surface area contributed by atoms with Crippen LogP contribution in [-0.4, -0.2) is 38.3 Å². The van der Waals surface area contributed by atoms with Gasteiger partial charge in [-0.05, 0) is 30.2 Å². The predicted molar refractivity (Wildman–Crippen MR) is 116 cm³/mol. The zero-order valence-corrected chi connectivity index (χ0v) is 18.2. The van der Waals surface area contributed by atoms with Crippen LogP contribution < -0.4 is 10.1 Å². The van der Waals surface area contributed by atoms with E-state index in [9.17, 15) is 22.8 Å². The predicted octanol–water partition coefficient (Wildman–Crippen LogP) is 4.41. The van der Waals surface area contributed by atoms with Gasteiger partial charge in [0.25, 0.3) is 5.91 Å². The van der Waals surface area contributed by atoms with Gasteiger partial charge >= 0.3 is 12.1 Å². The molecule has 1 aromatic carbocycles. The summed E-state index contributed by atoms with van der Waals surface area (Å²) < 4.78 is 45.4. The molecule has 0 aliphatic carbocycles. The van der Waals surface area contributed by atoms with Gasteiger partial charge < -0.3 is 15.2 Å². The van der Waals surface area contributed by atoms with E-state index in [4.69, 9.17) is 9.84 Å². The molecule has 11 heteroatoms. The van der Waals surface area contributed by atoms with Crippen molar-refractivity contribution in [3.05, 3.63) is 71.7 Å². The van der Waals surface area contributed by atoms with Crippen LogP contribution in [0.2, 0.25) is 0 Å². The van der Waals surface area contributed by atoms with Crippen molar-refractivity contribution in [3.63, 3.8) is 0 Å². The van der Waals surface area contributed by atoms with E-state index in [1.165, 1.54) is 6.20 Å². The molecule has 0 saturated carbocycles. The number of halogens is 3. The van der Waals surface area contributed by atoms with Gasteiger partial charge in [-0.1, -0.05) is 25.5 Å². The summed E-state index contributed by atoms with van der Waals surface area (Å²) in [7, 11) is 0. The Balaban J connectivity index is 1.67. The molecular weight excluding hydrogens is 453 g/mol. The summed E-state index contributed by atoms with van der Waals surface area (Å²) in [6.07, 6.45) is -0.503. The standard InChI is InChI=1S/C23H23F3N4O4/c1-2-3-19(15-4-6-16(7-5-15)22(33)27-11-10-21(31)32)34-20-9-8-18(13-28-20)30-14-17(12-29-30)23(24,25)26/h4-9,12-14,19H,2-3,10-11H2,1H3,(H,27,33)(H,31,32). The summed E-state index contributed by atoms with van der Waals surface area (Å²) in [5.41, 5.74) is 0.712. The summed E-state index contributed by atoms with van der Waals surface area (Å²) in [6.45, 7) is 2.03. The molecule has 1 unspecified atom stereocenters. The molecule has 2 heterocycles. The second-order valence-corrected chi connectivity index (χ2v) is 7.44. The Hall–Kier alpha value is -3.89. The van der Waals surface area contributed by atoms with Crippen LogP contribution >= 0.6 is 0 Å². The Morgan fingerprint density at radius 1 is 1.15 bits per heavy atom. The first-order chi connectivity index (χ1) is 16.2. The van der Waals surface area contributed by atoms with Gasteiger partial charge in [-0.3, -0.25) is 9.59 Å². The quantitative estimate of drug-likeness (QED) is 0.449. The van der Waals surface area contributed by atoms with E-state index in [1.54, 1.807) is 36.4 Å². The van der Waals surface area contributed by atoms with E-state index < -0.39 is 17.7 Å². The summed E-state index contributed by atoms with van der Waals surface area (Å²) in [4.78, 5) is 26.9. The Kier molecular flexibility index (Phi) is 7.87. The van der Waals surface area contributed by atoms with Crippen LogP contribution in [0.3, 0.4) is 0 Å². The van der Waals surface area contributed by atoms with Crippen molar-refractivity contribution in [2.24, 2.45) is 0 Å². The minimum Gasteiger partial charge on any atom is -0.481 e. The monoisotopic (exact) mass is 476 g/mol. The van der Waals surface area contributed by atoms with E-state index in [2.05, 4.69) is 15.4 Å². The van der Waals surface area contributed by atoms with Gasteiger partial charge in [0.15, 0.2) is 0 Å². The molecule has 0 spiro atoms. The van der Waals surface area contributed by atoms with Gasteiger partial charge in [0.2, 0.25) is 5.88 Å². The number of carboxylic acids is 1. The smallest absolute Gasteiger partial charge is 0.419 e. The molecule has 0 aliphatic rings. The van der Waals surface area contributed by atoms with Crippen molar-refractivity contribution in [1.29, 1.82) is 0 Å². The molecule has 0 bridgehead atoms. The van der Waals surface area contributed by atoms with Gasteiger partial charge in [0, 0.05) is 24.4 Å². The zero-order valence-electron chi connectivity index (χ0n) is 18.2. The molecule has 8 nitrogen and oxygen atoms in total. The lowest BCUT2D eigenvalue weighted by Gasteiger charge is -2.19. The largest absolute Gasteiger partial charge is 0.481 e. The fourth-order valence-corrected chi connectivity index (χ4v) is 3.12. The molecular formula is C23H23F3N4O4. The molecule has 1 amide bonds. The van der Waals surface area contributed by atoms with Crippen molar-refractivity contribution in [2.75, 3.05) is 6.54 Å². The maximum atomic E-state index is 12.8. The second-order valence-electron chi connectivity index (χ2n) is 7.44. The number of ether oxygens (including phenoxy) is 1. The first kappa shape index (κ1) is 24.7. The fraction of sp³-hybridized carbons (Fsp3) is 0.304. The number of rotatable bonds is 10. The SMILES string of the molecule is CCCC(Oc1ccc(-n2cc(C(F)(F)F)cn2)cn1)c1ccc(C(=O)NCCC(=O)O)cc1. The minimum absolute atomic E-state index is 0.0369. The highest BCUT2D eigenvalue weighted by Gasteiger charge is 2.32. The fourth-order valence-electron chi connectivity index (χ4n) is 3.12. The first-order valence-corrected chi connectivity index (χ1v) is 10.5. The summed E-state index contributed by atoms with van der Waals surface area (Å²) >= 11 is 0. The number of carboxylic acid groups (broad SMARTS) is 1. The van der Waals surface area contributed by atoms with Gasteiger partial charge in [-0.15, -0.1) is 0 Å². The van der Waals surface area contributed by atoms with Crippen molar-refractivity contribution in [2.45, 2.75) is 38.5 Å². The third-order valence-corrected chi connectivity index (χ3v) is 4.88. The van der Waals surface area contributed by atoms with Crippen LogP contribution in [0.1, 0.15) is 53.8 Å². The second kappa shape index (κ2) is 10.8. The number of hydrogen-bond acceptors (Lipinski definition) is 5. The summed E-state index contributed by atoms with van der Waals surface area (Å²) in [6, 6.07) is 9.88. The highest BCUT2D eigenvalue weighted by Crippen LogP contribution is 2.29. The van der Waals surface area contributed by atoms with Crippen LogP contribution in [-0.2, 0) is 11.0 Å². The number of aliphatic carboxylic acids is 1. The number of nitrogens with one attached hydrogen (secondary N) is 1. The topological polar surface area (TPSA) is 106 Å². The van der Waals surface area contributed by atoms with E-state index >= 15 is 0 Å². The third-order valence-electron chi connectivity index (χ3n) is 4.88. The molecule has 2 N–H and O–H groups in total. The van der Waals surface area contributed by atoms with E-state index in [-0.39, 0.29) is 25.0 Å². The molecule has 0 radical (unpaired) electrons. The molecule has 34 heavy (non-hydrogen) atoms. The Morgan fingerprint density at radius 2 is 1.88 bits per heavy atom. The van der Waals surface area contributed by atoms with Crippen LogP contribution in [0.4, 0.5) is 13.2 Å². The van der Waals surface area contributed by atoms with Crippen LogP contribution in [0.15, 0.2) is 55.0 Å². The van der Waals surface area contributed by atoms with Gasteiger partial charge in [-0.2, -0.15) is 18.3 Å². The van der Waals surface area contributed by atoms with Gasteiger partial charge in [-0.25, -0.2) is 9.67 Å². The zero-order chi connectivity index (χ0) is 24.7. The number of alkyl halides is 3. The normalized spacial score (nSPS) is 12.2. The summed E-state index contributed by atoms with van der Waals surface area (Å²) in [5.74, 6) is -1.07. The maximum absolute atomic E-state index is 12.8. The van der Waals surface area contributed by atoms with Crippen LogP contribution in [0.25, 0.3) is 5.69 Å². The number of nitrogens with zero attached hydrogens (tertiary/aromatic N) is 3. The number of hydrogen-bond donors (Lipinski definition) is 2. The molecule has 180 valence electrons. The third kappa shape index (κ3) is 6.56. The molecule has 3 aromatic rings. The van der Waals surface area contributed by atoms with Crippen molar-refractivity contribution in [1.82, 2.24) is 20.1 Å². The number of pyridine rings is 1. The first-order valence-electron chi connectivity index (χ1n) is 10.5. The van der Waals surface area contributed by atoms with Gasteiger partial charge in [0.1, 0.15) is 6.10 Å². The maximum Gasteiger partial charge on any atom is 0.419 e.